The minimum Gasteiger partial charge on any atom is -0.324 e. The van der Waals surface area contributed by atoms with Gasteiger partial charge in [0.1, 0.15) is 0 Å². The molecule has 0 bridgehead atoms. The maximum atomic E-state index is 11.8. The summed E-state index contributed by atoms with van der Waals surface area (Å²) in [6, 6.07) is 7.63. The Balaban J connectivity index is 1.65. The van der Waals surface area contributed by atoms with E-state index in [4.69, 9.17) is 0 Å². The van der Waals surface area contributed by atoms with Crippen molar-refractivity contribution < 1.29 is 4.79 Å². The van der Waals surface area contributed by atoms with Gasteiger partial charge in [0.25, 0.3) is 0 Å². The Morgan fingerprint density at radius 1 is 1.25 bits per heavy atom. The Morgan fingerprint density at radius 2 is 2.10 bits per heavy atom. The molecule has 0 aliphatic heterocycles. The number of carbonyl (C=O) groups is 1. The molecule has 20 heavy (non-hydrogen) atoms. The van der Waals surface area contributed by atoms with Gasteiger partial charge in [-0.15, -0.1) is 0 Å². The average molecular weight is 337 g/mol. The van der Waals surface area contributed by atoms with Crippen LogP contribution in [0, 0.1) is 0 Å². The van der Waals surface area contributed by atoms with Gasteiger partial charge in [-0.1, -0.05) is 23.8 Å². The van der Waals surface area contributed by atoms with Gasteiger partial charge in [-0.25, -0.2) is 0 Å². The van der Waals surface area contributed by atoms with Crippen molar-refractivity contribution in [2.24, 2.45) is 0 Å². The number of hydrogen-bond donors (Lipinski definition) is 2. The van der Waals surface area contributed by atoms with Crippen LogP contribution in [-0.4, -0.2) is 19.0 Å². The molecule has 0 saturated heterocycles. The third-order valence-corrected chi connectivity index (χ3v) is 4.13. The van der Waals surface area contributed by atoms with E-state index in [1.807, 2.05) is 24.3 Å². The summed E-state index contributed by atoms with van der Waals surface area (Å²) >= 11 is 3.42. The standard InChI is InChI=1S/C16H21BrN2O/c17-14-8-4-5-9-15(14)19-16(20)12-18-11-10-13-6-2-1-3-7-13/h4-6,8-9,18H,1-3,7,10-12H2,(H,19,20). The zero-order valence-electron chi connectivity index (χ0n) is 11.6. The molecule has 0 atom stereocenters. The Labute approximate surface area is 129 Å². The Kier molecular flexibility index (Phi) is 6.27. The number of hydrogen-bond acceptors (Lipinski definition) is 2. The summed E-state index contributed by atoms with van der Waals surface area (Å²) in [4.78, 5) is 11.8. The molecule has 3 nitrogen and oxygen atoms in total. The number of benzene rings is 1. The summed E-state index contributed by atoms with van der Waals surface area (Å²) in [7, 11) is 0. The van der Waals surface area contributed by atoms with Crippen LogP contribution in [0.5, 0.6) is 0 Å². The summed E-state index contributed by atoms with van der Waals surface area (Å²) in [5.74, 6) is -0.00507. The van der Waals surface area contributed by atoms with Crippen LogP contribution in [0.1, 0.15) is 32.1 Å². The first-order valence-electron chi connectivity index (χ1n) is 7.19. The van der Waals surface area contributed by atoms with Crippen LogP contribution in [0.2, 0.25) is 0 Å². The number of allylic oxidation sites excluding steroid dienone is 1. The second-order valence-corrected chi connectivity index (χ2v) is 5.92. The fourth-order valence-corrected chi connectivity index (χ4v) is 2.72. The minimum atomic E-state index is -0.00507. The molecule has 1 aromatic rings. The van der Waals surface area contributed by atoms with Crippen molar-refractivity contribution in [1.82, 2.24) is 5.32 Å². The number of para-hydroxylation sites is 1. The number of anilines is 1. The highest BCUT2D eigenvalue weighted by molar-refractivity contribution is 9.10. The molecule has 2 N–H and O–H groups in total. The SMILES string of the molecule is O=C(CNCCC1=CCCCC1)Nc1ccccc1Br. The molecule has 0 spiro atoms. The number of rotatable bonds is 6. The Hall–Kier alpha value is -1.13. The van der Waals surface area contributed by atoms with Crippen LogP contribution in [0.15, 0.2) is 40.4 Å². The van der Waals surface area contributed by atoms with E-state index in [9.17, 15) is 4.79 Å². The van der Waals surface area contributed by atoms with Crippen molar-refractivity contribution in [2.75, 3.05) is 18.4 Å². The zero-order chi connectivity index (χ0) is 14.2. The molecule has 0 aromatic heterocycles. The number of nitrogens with one attached hydrogen (secondary N) is 2. The van der Waals surface area contributed by atoms with Crippen molar-refractivity contribution in [3.8, 4) is 0 Å². The van der Waals surface area contributed by atoms with Gasteiger partial charge in [0.05, 0.1) is 12.2 Å². The molecular formula is C16H21BrN2O. The van der Waals surface area contributed by atoms with Crippen molar-refractivity contribution in [1.29, 1.82) is 0 Å². The normalized spacial score (nSPS) is 14.8. The van der Waals surface area contributed by atoms with E-state index in [2.05, 4.69) is 32.6 Å². The number of halogens is 1. The van der Waals surface area contributed by atoms with E-state index in [0.29, 0.717) is 6.54 Å². The van der Waals surface area contributed by atoms with E-state index < -0.39 is 0 Å². The van der Waals surface area contributed by atoms with Gasteiger partial charge in [0, 0.05) is 4.47 Å². The van der Waals surface area contributed by atoms with Gasteiger partial charge in [-0.05, 0) is 66.7 Å². The first kappa shape index (κ1) is 15.3. The van der Waals surface area contributed by atoms with Gasteiger partial charge < -0.3 is 10.6 Å². The van der Waals surface area contributed by atoms with E-state index in [1.165, 1.54) is 31.3 Å². The molecular weight excluding hydrogens is 316 g/mol. The molecule has 4 heteroatoms. The second kappa shape index (κ2) is 8.22. The molecule has 1 aliphatic carbocycles. The van der Waals surface area contributed by atoms with Crippen molar-refractivity contribution >= 4 is 27.5 Å². The highest BCUT2D eigenvalue weighted by Gasteiger charge is 2.06. The van der Waals surface area contributed by atoms with Gasteiger partial charge in [-0.2, -0.15) is 0 Å². The summed E-state index contributed by atoms with van der Waals surface area (Å²) in [5, 5.41) is 6.09. The lowest BCUT2D eigenvalue weighted by Gasteiger charge is -2.13. The molecule has 1 aromatic carbocycles. The monoisotopic (exact) mass is 336 g/mol. The lowest BCUT2D eigenvalue weighted by molar-refractivity contribution is -0.115. The summed E-state index contributed by atoms with van der Waals surface area (Å²) in [5.41, 5.74) is 2.35. The topological polar surface area (TPSA) is 41.1 Å². The summed E-state index contributed by atoms with van der Waals surface area (Å²) in [6.07, 6.45) is 8.50. The zero-order valence-corrected chi connectivity index (χ0v) is 13.2. The smallest absolute Gasteiger partial charge is 0.238 e. The molecule has 0 radical (unpaired) electrons. The molecule has 1 aliphatic rings. The van der Waals surface area contributed by atoms with Crippen molar-refractivity contribution in [3.05, 3.63) is 40.4 Å². The fourth-order valence-electron chi connectivity index (χ4n) is 2.34. The molecule has 0 saturated carbocycles. The van der Waals surface area contributed by atoms with E-state index in [-0.39, 0.29) is 5.91 Å². The van der Waals surface area contributed by atoms with Crippen LogP contribution < -0.4 is 10.6 Å². The first-order valence-corrected chi connectivity index (χ1v) is 7.98. The quantitative estimate of drug-likeness (QED) is 0.611. The number of carbonyl (C=O) groups excluding carboxylic acids is 1. The molecule has 0 heterocycles. The number of amides is 1. The van der Waals surface area contributed by atoms with E-state index >= 15 is 0 Å². The predicted octanol–water partition coefficient (Wildman–Crippen LogP) is 3.87. The van der Waals surface area contributed by atoms with Crippen LogP contribution >= 0.6 is 15.9 Å². The van der Waals surface area contributed by atoms with Gasteiger partial charge in [0.2, 0.25) is 5.91 Å². The second-order valence-electron chi connectivity index (χ2n) is 5.06. The van der Waals surface area contributed by atoms with Crippen LogP contribution in [0.25, 0.3) is 0 Å². The van der Waals surface area contributed by atoms with E-state index in [0.717, 1.165) is 23.1 Å². The predicted molar refractivity (Wildman–Crippen MR) is 86.8 cm³/mol. The average Bonchev–Trinajstić information content (AvgIpc) is 2.47. The van der Waals surface area contributed by atoms with Gasteiger partial charge in [0.15, 0.2) is 0 Å². The maximum absolute atomic E-state index is 11.8. The van der Waals surface area contributed by atoms with Gasteiger partial charge in [-0.3, -0.25) is 4.79 Å². The van der Waals surface area contributed by atoms with Crippen LogP contribution in [0.4, 0.5) is 5.69 Å². The molecule has 2 rings (SSSR count). The lowest BCUT2D eigenvalue weighted by Crippen LogP contribution is -2.29. The van der Waals surface area contributed by atoms with Crippen molar-refractivity contribution in [3.63, 3.8) is 0 Å². The molecule has 108 valence electrons. The summed E-state index contributed by atoms with van der Waals surface area (Å²) in [6.45, 7) is 1.23. The van der Waals surface area contributed by atoms with Crippen molar-refractivity contribution in [2.45, 2.75) is 32.1 Å². The highest BCUT2D eigenvalue weighted by atomic mass is 79.9. The first-order chi connectivity index (χ1) is 9.75. The molecule has 0 unspecified atom stereocenters. The third-order valence-electron chi connectivity index (χ3n) is 3.44. The van der Waals surface area contributed by atoms with Crippen LogP contribution in [-0.2, 0) is 4.79 Å². The summed E-state index contributed by atoms with van der Waals surface area (Å²) < 4.78 is 0.903. The molecule has 0 fully saturated rings. The van der Waals surface area contributed by atoms with Gasteiger partial charge >= 0.3 is 0 Å². The highest BCUT2D eigenvalue weighted by Crippen LogP contribution is 2.21. The van der Waals surface area contributed by atoms with E-state index in [1.54, 1.807) is 0 Å². The molecule has 1 amide bonds. The minimum absolute atomic E-state index is 0.00507. The third kappa shape index (κ3) is 5.10. The lowest BCUT2D eigenvalue weighted by atomic mass is 9.97. The fraction of sp³-hybridized carbons (Fsp3) is 0.438. The van der Waals surface area contributed by atoms with Crippen LogP contribution in [0.3, 0.4) is 0 Å². The largest absolute Gasteiger partial charge is 0.324 e. The Bertz CT molecular complexity index is 485. The maximum Gasteiger partial charge on any atom is 0.238 e. The Morgan fingerprint density at radius 3 is 2.85 bits per heavy atom.